The molecule has 2 rings (SSSR count). The van der Waals surface area contributed by atoms with Gasteiger partial charge in [-0.2, -0.15) is 11.3 Å². The van der Waals surface area contributed by atoms with Gasteiger partial charge in [0.15, 0.2) is 0 Å². The monoisotopic (exact) mass is 244 g/mol. The largest absolute Gasteiger partial charge is 0.573 e. The molecule has 5 heteroatoms. The van der Waals surface area contributed by atoms with Gasteiger partial charge < -0.3 is 4.74 Å². The predicted molar refractivity (Wildman–Crippen MR) is 56.4 cm³/mol. The molecular formula is C11H7F3OS. The van der Waals surface area contributed by atoms with Crippen LogP contribution in [0.4, 0.5) is 13.2 Å². The first-order valence-corrected chi connectivity index (χ1v) is 5.37. The van der Waals surface area contributed by atoms with Crippen LogP contribution in [-0.2, 0) is 0 Å². The van der Waals surface area contributed by atoms with Crippen molar-refractivity contribution in [2.75, 3.05) is 0 Å². The standard InChI is InChI=1S/C11H7F3OS/c12-11(13,14)15-10-3-1-2-8(6-10)9-4-5-16-7-9/h1-7H. The summed E-state index contributed by atoms with van der Waals surface area (Å²) in [7, 11) is 0. The van der Waals surface area contributed by atoms with Crippen LogP contribution in [0.5, 0.6) is 5.75 Å². The lowest BCUT2D eigenvalue weighted by molar-refractivity contribution is -0.274. The van der Waals surface area contributed by atoms with Crippen molar-refractivity contribution in [3.63, 3.8) is 0 Å². The fourth-order valence-electron chi connectivity index (χ4n) is 1.30. The van der Waals surface area contributed by atoms with Crippen LogP contribution in [0.2, 0.25) is 0 Å². The van der Waals surface area contributed by atoms with E-state index in [4.69, 9.17) is 0 Å². The minimum absolute atomic E-state index is 0.198. The van der Waals surface area contributed by atoms with Gasteiger partial charge in [-0.3, -0.25) is 0 Å². The van der Waals surface area contributed by atoms with E-state index in [0.717, 1.165) is 5.56 Å². The number of hydrogen-bond donors (Lipinski definition) is 0. The summed E-state index contributed by atoms with van der Waals surface area (Å²) in [5, 5.41) is 3.74. The Hall–Kier alpha value is -1.49. The van der Waals surface area contributed by atoms with E-state index in [-0.39, 0.29) is 5.75 Å². The highest BCUT2D eigenvalue weighted by Gasteiger charge is 2.31. The molecule has 16 heavy (non-hydrogen) atoms. The van der Waals surface area contributed by atoms with Crippen LogP contribution < -0.4 is 4.74 Å². The molecule has 0 spiro atoms. The van der Waals surface area contributed by atoms with E-state index in [2.05, 4.69) is 4.74 Å². The molecule has 0 aliphatic heterocycles. The van der Waals surface area contributed by atoms with Gasteiger partial charge in [-0.25, -0.2) is 0 Å². The van der Waals surface area contributed by atoms with Gasteiger partial charge in [0.25, 0.3) is 0 Å². The fraction of sp³-hybridized carbons (Fsp3) is 0.0909. The molecule has 0 amide bonds. The summed E-state index contributed by atoms with van der Waals surface area (Å²) in [5.74, 6) is -0.198. The molecule has 0 fully saturated rings. The van der Waals surface area contributed by atoms with E-state index in [1.54, 1.807) is 6.07 Å². The summed E-state index contributed by atoms with van der Waals surface area (Å²) in [4.78, 5) is 0. The SMILES string of the molecule is FC(F)(F)Oc1cccc(-c2ccsc2)c1. The number of ether oxygens (including phenoxy) is 1. The van der Waals surface area contributed by atoms with Crippen molar-refractivity contribution in [2.45, 2.75) is 6.36 Å². The molecule has 1 heterocycles. The predicted octanol–water partition coefficient (Wildman–Crippen LogP) is 4.31. The van der Waals surface area contributed by atoms with Crippen LogP contribution in [-0.4, -0.2) is 6.36 Å². The average Bonchev–Trinajstić information content (AvgIpc) is 2.68. The van der Waals surface area contributed by atoms with Crippen LogP contribution >= 0.6 is 11.3 Å². The highest BCUT2D eigenvalue weighted by Crippen LogP contribution is 2.28. The van der Waals surface area contributed by atoms with E-state index in [0.29, 0.717) is 5.56 Å². The van der Waals surface area contributed by atoms with Gasteiger partial charge in [-0.05, 0) is 40.1 Å². The van der Waals surface area contributed by atoms with Gasteiger partial charge in [0.05, 0.1) is 0 Å². The number of halogens is 3. The van der Waals surface area contributed by atoms with Crippen LogP contribution in [0.15, 0.2) is 41.1 Å². The van der Waals surface area contributed by atoms with Gasteiger partial charge in [0.2, 0.25) is 0 Å². The Morgan fingerprint density at radius 3 is 2.50 bits per heavy atom. The Morgan fingerprint density at radius 2 is 1.88 bits per heavy atom. The third-order valence-corrected chi connectivity index (χ3v) is 2.61. The molecule has 0 saturated heterocycles. The molecule has 0 aliphatic rings. The first-order valence-electron chi connectivity index (χ1n) is 4.43. The molecule has 2 aromatic rings. The number of rotatable bonds is 2. The second-order valence-electron chi connectivity index (χ2n) is 3.09. The molecule has 0 saturated carbocycles. The fourth-order valence-corrected chi connectivity index (χ4v) is 1.97. The third-order valence-electron chi connectivity index (χ3n) is 1.92. The number of hydrogen-bond acceptors (Lipinski definition) is 2. The topological polar surface area (TPSA) is 9.23 Å². The molecule has 0 atom stereocenters. The maximum Gasteiger partial charge on any atom is 0.573 e. The van der Waals surface area contributed by atoms with Crippen LogP contribution in [0.3, 0.4) is 0 Å². The molecular weight excluding hydrogens is 237 g/mol. The van der Waals surface area contributed by atoms with Crippen molar-refractivity contribution >= 4 is 11.3 Å². The lowest BCUT2D eigenvalue weighted by atomic mass is 10.1. The van der Waals surface area contributed by atoms with Crippen molar-refractivity contribution < 1.29 is 17.9 Å². The second-order valence-corrected chi connectivity index (χ2v) is 3.87. The summed E-state index contributed by atoms with van der Waals surface area (Å²) in [6.45, 7) is 0. The van der Waals surface area contributed by atoms with Crippen molar-refractivity contribution in [1.82, 2.24) is 0 Å². The zero-order valence-electron chi connectivity index (χ0n) is 7.99. The highest BCUT2D eigenvalue weighted by molar-refractivity contribution is 7.08. The smallest absolute Gasteiger partial charge is 0.406 e. The zero-order chi connectivity index (χ0) is 11.6. The Morgan fingerprint density at radius 1 is 1.06 bits per heavy atom. The zero-order valence-corrected chi connectivity index (χ0v) is 8.81. The van der Waals surface area contributed by atoms with E-state index < -0.39 is 6.36 Å². The molecule has 0 aliphatic carbocycles. The van der Waals surface area contributed by atoms with E-state index in [9.17, 15) is 13.2 Å². The third kappa shape index (κ3) is 2.76. The molecule has 1 nitrogen and oxygen atoms in total. The maximum absolute atomic E-state index is 12.0. The molecule has 0 radical (unpaired) electrons. The number of thiophene rings is 1. The Kier molecular flexibility index (Phi) is 2.87. The van der Waals surface area contributed by atoms with Crippen LogP contribution in [0.25, 0.3) is 11.1 Å². The minimum atomic E-state index is -4.65. The van der Waals surface area contributed by atoms with Crippen molar-refractivity contribution in [3.8, 4) is 16.9 Å². The summed E-state index contributed by atoms with van der Waals surface area (Å²) in [6.07, 6.45) is -4.65. The molecule has 84 valence electrons. The van der Waals surface area contributed by atoms with Gasteiger partial charge in [0, 0.05) is 0 Å². The summed E-state index contributed by atoms with van der Waals surface area (Å²) >= 11 is 1.49. The lowest BCUT2D eigenvalue weighted by Crippen LogP contribution is -2.17. The van der Waals surface area contributed by atoms with Crippen molar-refractivity contribution in [2.24, 2.45) is 0 Å². The quantitative estimate of drug-likeness (QED) is 0.764. The lowest BCUT2D eigenvalue weighted by Gasteiger charge is -2.09. The molecule has 1 aromatic heterocycles. The molecule has 1 aromatic carbocycles. The molecule has 0 N–H and O–H groups in total. The highest BCUT2D eigenvalue weighted by atomic mass is 32.1. The summed E-state index contributed by atoms with van der Waals surface area (Å²) in [5.41, 5.74) is 1.60. The van der Waals surface area contributed by atoms with Gasteiger partial charge in [-0.1, -0.05) is 12.1 Å². The van der Waals surface area contributed by atoms with Gasteiger partial charge >= 0.3 is 6.36 Å². The summed E-state index contributed by atoms with van der Waals surface area (Å²) in [6, 6.07) is 7.77. The van der Waals surface area contributed by atoms with Crippen LogP contribution in [0, 0.1) is 0 Å². The van der Waals surface area contributed by atoms with E-state index in [1.807, 2.05) is 16.8 Å². The second kappa shape index (κ2) is 4.17. The number of alkyl halides is 3. The minimum Gasteiger partial charge on any atom is -0.406 e. The Balaban J connectivity index is 2.27. The van der Waals surface area contributed by atoms with Crippen molar-refractivity contribution in [1.29, 1.82) is 0 Å². The van der Waals surface area contributed by atoms with Crippen LogP contribution in [0.1, 0.15) is 0 Å². The first-order chi connectivity index (χ1) is 7.54. The maximum atomic E-state index is 12.0. The Bertz CT molecular complexity index is 462. The normalized spacial score (nSPS) is 11.4. The molecule has 0 unspecified atom stereocenters. The molecule has 0 bridgehead atoms. The van der Waals surface area contributed by atoms with Crippen molar-refractivity contribution in [3.05, 3.63) is 41.1 Å². The van der Waals surface area contributed by atoms with E-state index in [1.165, 1.54) is 29.5 Å². The summed E-state index contributed by atoms with van der Waals surface area (Å²) < 4.78 is 39.8. The Labute approximate surface area is 94.1 Å². The first kappa shape index (κ1) is 11.0. The van der Waals surface area contributed by atoms with E-state index >= 15 is 0 Å². The average molecular weight is 244 g/mol. The van der Waals surface area contributed by atoms with Gasteiger partial charge in [0.1, 0.15) is 5.75 Å². The number of benzene rings is 1. The van der Waals surface area contributed by atoms with Gasteiger partial charge in [-0.15, -0.1) is 13.2 Å².